The largest absolute Gasteiger partial charge is 1.00 e. The van der Waals surface area contributed by atoms with E-state index in [1.54, 1.807) is 36.4 Å². The number of rotatable bonds is 23. The Labute approximate surface area is 1020 Å². The van der Waals surface area contributed by atoms with Gasteiger partial charge in [0.1, 0.15) is 60.9 Å². The van der Waals surface area contributed by atoms with Gasteiger partial charge < -0.3 is 79.4 Å². The topological polar surface area (TPSA) is 319 Å². The molecule has 0 aliphatic carbocycles. The van der Waals surface area contributed by atoms with E-state index >= 15 is 0 Å². The van der Waals surface area contributed by atoms with Crippen LogP contribution in [-0.4, -0.2) is 285 Å². The third kappa shape index (κ3) is 40.5. The van der Waals surface area contributed by atoms with E-state index in [4.69, 9.17) is 91.1 Å². The number of piperidine rings is 4. The molecule has 2 aromatic heterocycles. The Bertz CT molecular complexity index is 5610. The zero-order valence-corrected chi connectivity index (χ0v) is 97.8. The van der Waals surface area contributed by atoms with E-state index in [2.05, 4.69) is 172 Å². The van der Waals surface area contributed by atoms with Crippen LogP contribution in [0.1, 0.15) is 149 Å². The van der Waals surface area contributed by atoms with Crippen LogP contribution in [0.5, 0.6) is 34.5 Å². The minimum atomic E-state index is -3.70. The molecule has 0 bridgehead atoms. The molecule has 141 heavy (non-hydrogen) atoms. The number of fused-ring (bicyclic) bond motifs is 6. The van der Waals surface area contributed by atoms with E-state index in [9.17, 15) is 8.42 Å². The Morgan fingerprint density at radius 1 is 0.475 bits per heavy atom. The summed E-state index contributed by atoms with van der Waals surface area (Å²) in [7, 11) is -3.70. The quantitative estimate of drug-likeness (QED) is 0.00675. The molecule has 33 heteroatoms. The van der Waals surface area contributed by atoms with Crippen LogP contribution >= 0.6 is 39.1 Å². The average Bonchev–Trinajstić information content (AvgIpc) is 1.69. The fraction of sp³-hybridized carbons (Fsp3) is 0.333. The summed E-state index contributed by atoms with van der Waals surface area (Å²) in [6, 6.07) is 62.5. The number of allylic oxidation sites excluding steroid dienone is 8. The number of nitrogens with zero attached hydrogens (tertiary/aromatic N) is 6. The van der Waals surface area contributed by atoms with E-state index in [-0.39, 0.29) is 244 Å². The number of para-hydroxylation sites is 4. The molecular weight excluding hydrogens is 2020 g/mol. The molecule has 2 radical (unpaired) electrons. The minimum Gasteiger partial charge on any atom is -0.662 e. The van der Waals surface area contributed by atoms with Gasteiger partial charge in [0.2, 0.25) is 0 Å². The van der Waals surface area contributed by atoms with Gasteiger partial charge >= 0.3 is 103 Å². The standard InChI is InChI=1S/C28H31ClN2O2.C21H24N2O2.C19H22N2O.C18H18N2O.C16H17ClO4S.C3H7BrO.2CH2O3.CH4.4K/c1-3-7-24-26(30-2)20-33-27-9-5-4-8-25(27)28(24)21-14-17-31(18-15-21)16-6-19-32-23-12-10-22(29)11-13-23;24-14-4-11-23-12-8-16(9-13-23)20-18-6-1-2-7-19(18)25-15-17-5-3-10-22-21(17)20;1-3-6-15-17(20-2)13-22-18-8-5-4-7-16(18)19(15)14-9-11-21-12-10-14;1-2-6-16-15(5-1)17(13-7-10-19-11-8-13)18-14(12-21-16)4-3-9-20-18;1-13-3-9-16(10-4-13)22(18,19)21-12-2-11-20-15-7-5-14(17)6-8-15;4-2-1-3-5;2*2-1-4-3;;;;;/h3-5,7-13H,2,6,14-20H2,1H3;1-3,5-7,10,24H,4,8-9,11-15H2;3-8,21H,2,9-13H2,1H3;1-6,9,19H,7-8,10-12H2;3-10H,2,11-12H2,1H3;5H,1-3H2;2*1,3H;1H4;;;;/q;;;;;;;;;;;2*+1/p-2/b7-3-;;6-3-;;;;;;;;;;. The van der Waals surface area contributed by atoms with E-state index < -0.39 is 10.1 Å². The molecule has 8 aliphatic heterocycles. The van der Waals surface area contributed by atoms with Crippen molar-refractivity contribution < 1.29 is 184 Å². The Morgan fingerprint density at radius 3 is 1.18 bits per heavy atom. The first kappa shape index (κ1) is 126. The number of alkyl halides is 1. The molecule has 10 heterocycles. The zero-order chi connectivity index (χ0) is 96.5. The van der Waals surface area contributed by atoms with Crippen molar-refractivity contribution in [2.45, 2.75) is 123 Å². The number of nitrogens with one attached hydrogen (secondary N) is 2. The summed E-state index contributed by atoms with van der Waals surface area (Å²) in [6.45, 7) is 27.3. The fourth-order valence-electron chi connectivity index (χ4n) is 16.4. The molecule has 0 amide bonds. The van der Waals surface area contributed by atoms with Gasteiger partial charge in [0.05, 0.1) is 47.5 Å². The first-order valence-electron chi connectivity index (χ1n) is 45.7. The van der Waals surface area contributed by atoms with Crippen LogP contribution in [0.3, 0.4) is 0 Å². The SMILES string of the molecule is C.C=NC1=C(/C=C\C)C(=C2CCN(CCCOc3ccc(Cl)cc3)CC2)c2ccccc2OC1.C=NC1=C(/C=C\C)C(=C2CCNCC2)c2ccccc2OC1.Cc1ccc(S(=O)(=O)OCCCOc2ccc(Cl)cc2)cc1.O=CO[O-].O=CO[O-].OCCCBr.OCCCN1CCC(=C2c3ccccc3OCc3cccnc32)CC1.[K+].[K+].[K].[K].c1cnc2c(c1)COc1ccccc1C2=C1CCNCC1. The molecule has 4 fully saturated rings. The number of halogens is 3. The van der Waals surface area contributed by atoms with Crippen LogP contribution in [0.25, 0.3) is 22.3 Å². The molecule has 9 aromatic rings. The van der Waals surface area contributed by atoms with Crippen molar-refractivity contribution in [3.05, 3.63) is 336 Å². The summed E-state index contributed by atoms with van der Waals surface area (Å²) in [5, 5.41) is 43.1. The second-order valence-electron chi connectivity index (χ2n) is 31.9. The van der Waals surface area contributed by atoms with Crippen molar-refractivity contribution in [3.8, 4) is 34.5 Å². The number of carbonyl (C=O) groups excluding carboxylic acids is 2. The van der Waals surface area contributed by atoms with E-state index in [0.717, 1.165) is 226 Å². The molecule has 4 saturated heterocycles. The number of benzene rings is 7. The van der Waals surface area contributed by atoms with Gasteiger partial charge in [-0.25, -0.2) is 0 Å². The maximum atomic E-state index is 11.9. The molecule has 0 unspecified atom stereocenters. The summed E-state index contributed by atoms with van der Waals surface area (Å²) < 4.78 is 64.3. The maximum Gasteiger partial charge on any atom is 1.00 e. The van der Waals surface area contributed by atoms with Crippen molar-refractivity contribution in [1.29, 1.82) is 0 Å². The molecule has 8 aliphatic rings. The van der Waals surface area contributed by atoms with Gasteiger partial charge in [0.15, 0.2) is 0 Å². The molecule has 17 rings (SSSR count). The maximum absolute atomic E-state index is 11.9. The van der Waals surface area contributed by atoms with Gasteiger partial charge in [0.25, 0.3) is 23.1 Å². The number of aryl methyl sites for hydroxylation is 1. The molecular formula is C108H125BrCl2K4N8O17S. The number of likely N-dealkylation sites (tertiary alicyclic amines) is 2. The summed E-state index contributed by atoms with van der Waals surface area (Å²) >= 11 is 14.9. The number of carbonyl (C=O) groups is 2. The molecule has 7 aromatic carbocycles. The number of pyridine rings is 2. The summed E-state index contributed by atoms with van der Waals surface area (Å²) in [6.07, 6.45) is 23.8. The van der Waals surface area contributed by atoms with E-state index in [0.29, 0.717) is 63.4 Å². The number of hydrogen-bond donors (Lipinski definition) is 4. The summed E-state index contributed by atoms with van der Waals surface area (Å²) in [4.78, 5) is 45.6. The number of hydrogen-bond acceptors (Lipinski definition) is 25. The Hall–Kier alpha value is -4.96. The number of aliphatic hydroxyl groups is 2. The first-order chi connectivity index (χ1) is 66.5. The number of aliphatic imine (C=N–C) groups is 2. The monoisotopic (exact) mass is 2140 g/mol. The number of aliphatic hydroxyl groups excluding tert-OH is 2. The fourth-order valence-corrected chi connectivity index (χ4v) is 17.9. The molecule has 730 valence electrons. The average molecular weight is 2150 g/mol. The van der Waals surface area contributed by atoms with Gasteiger partial charge in [-0.05, 0) is 239 Å². The predicted octanol–water partition coefficient (Wildman–Crippen LogP) is 12.1. The van der Waals surface area contributed by atoms with Crippen molar-refractivity contribution in [2.24, 2.45) is 9.98 Å². The predicted molar refractivity (Wildman–Crippen MR) is 555 cm³/mol. The molecule has 4 N–H and O–H groups in total. The Balaban J connectivity index is 0.000000300. The molecule has 25 nitrogen and oxygen atoms in total. The molecule has 0 atom stereocenters. The van der Waals surface area contributed by atoms with Crippen LogP contribution in [0.2, 0.25) is 10.0 Å². The van der Waals surface area contributed by atoms with E-state index in [1.165, 1.54) is 79.0 Å². The molecule has 0 saturated carbocycles. The van der Waals surface area contributed by atoms with Gasteiger partial charge in [-0.3, -0.25) is 33.7 Å². The van der Waals surface area contributed by atoms with Gasteiger partial charge in [-0.2, -0.15) is 8.42 Å². The Kier molecular flexibility index (Phi) is 64.3. The second-order valence-corrected chi connectivity index (χ2v) is 35.2. The Morgan fingerprint density at radius 2 is 0.823 bits per heavy atom. The van der Waals surface area contributed by atoms with Crippen molar-refractivity contribution in [1.82, 2.24) is 30.4 Å². The first-order valence-corrected chi connectivity index (χ1v) is 49.0. The summed E-state index contributed by atoms with van der Waals surface area (Å²) in [5.41, 5.74) is 25.3. The van der Waals surface area contributed by atoms with Crippen molar-refractivity contribution in [2.75, 3.05) is 117 Å². The van der Waals surface area contributed by atoms with Crippen LogP contribution in [0, 0.1) is 6.92 Å². The third-order valence-corrected chi connectivity index (χ3v) is 25.3. The van der Waals surface area contributed by atoms with Gasteiger partial charge in [-0.15, -0.1) is 0 Å². The van der Waals surface area contributed by atoms with Crippen LogP contribution in [0.15, 0.2) is 291 Å². The second kappa shape index (κ2) is 71.6. The smallest absolute Gasteiger partial charge is 0.662 e. The number of aromatic nitrogens is 2. The van der Waals surface area contributed by atoms with Crippen LogP contribution in [-0.2, 0) is 46.9 Å². The van der Waals surface area contributed by atoms with E-state index in [1.807, 2.05) is 106 Å². The van der Waals surface area contributed by atoms with Gasteiger partial charge in [0, 0.05) is 245 Å². The summed E-state index contributed by atoms with van der Waals surface area (Å²) in [5.74, 6) is 5.33. The van der Waals surface area contributed by atoms with Crippen molar-refractivity contribution in [3.63, 3.8) is 0 Å². The third-order valence-electron chi connectivity index (χ3n) is 23.0. The normalized spacial score (nSPS) is 15.0. The molecule has 0 spiro atoms. The van der Waals surface area contributed by atoms with Gasteiger partial charge in [-0.1, -0.05) is 196 Å². The minimum absolute atomic E-state index is 0. The van der Waals surface area contributed by atoms with Crippen LogP contribution < -0.4 is 152 Å². The zero-order valence-electron chi connectivity index (χ0n) is 81.4. The van der Waals surface area contributed by atoms with Crippen molar-refractivity contribution >= 4 is 201 Å². The van der Waals surface area contributed by atoms with Crippen LogP contribution in [0.4, 0.5) is 0 Å². The number of ether oxygens (including phenoxy) is 6.